The zero-order valence-corrected chi connectivity index (χ0v) is 18.6. The third kappa shape index (κ3) is 5.96. The first-order valence-corrected chi connectivity index (χ1v) is 11.5. The van der Waals surface area contributed by atoms with E-state index in [1.165, 1.54) is 30.5 Å². The summed E-state index contributed by atoms with van der Waals surface area (Å²) in [4.78, 5) is 16.7. The Labute approximate surface area is 186 Å². The van der Waals surface area contributed by atoms with Gasteiger partial charge in [-0.3, -0.25) is 9.52 Å². The number of carbonyl (C=O) groups excluding carboxylic acids is 1. The molecule has 2 N–H and O–H groups in total. The Morgan fingerprint density at radius 1 is 1.10 bits per heavy atom. The van der Waals surface area contributed by atoms with Gasteiger partial charge in [-0.2, -0.15) is 0 Å². The average molecular weight is 460 g/mol. The van der Waals surface area contributed by atoms with Crippen LogP contribution < -0.4 is 14.8 Å². The first kappa shape index (κ1) is 22.6. The molecule has 7 nitrogen and oxygen atoms in total. The predicted octanol–water partition coefficient (Wildman–Crippen LogP) is 4.86. The topological polar surface area (TPSA) is 97.4 Å². The maximum absolute atomic E-state index is 12.5. The van der Waals surface area contributed by atoms with Crippen LogP contribution in [0.2, 0.25) is 5.02 Å². The molecule has 0 spiro atoms. The molecule has 0 fully saturated rings. The van der Waals surface area contributed by atoms with Crippen molar-refractivity contribution in [2.24, 2.45) is 0 Å². The molecule has 31 heavy (non-hydrogen) atoms. The molecule has 3 aromatic rings. The number of sulfonamides is 1. The molecule has 0 saturated heterocycles. The lowest BCUT2D eigenvalue weighted by molar-refractivity contribution is 0.0936. The Morgan fingerprint density at radius 2 is 1.77 bits per heavy atom. The number of ether oxygens (including phenoxy) is 1. The largest absolute Gasteiger partial charge is 0.438 e. The summed E-state index contributed by atoms with van der Waals surface area (Å²) in [7, 11) is -3.75. The molecule has 0 aliphatic rings. The van der Waals surface area contributed by atoms with Crippen molar-refractivity contribution in [2.45, 2.75) is 31.2 Å². The number of hydrogen-bond donors (Lipinski definition) is 2. The summed E-state index contributed by atoms with van der Waals surface area (Å²) in [5.41, 5.74) is 0.674. The van der Waals surface area contributed by atoms with Gasteiger partial charge in [-0.05, 0) is 74.0 Å². The molecule has 0 bridgehead atoms. The maximum atomic E-state index is 12.5. The Bertz CT molecular complexity index is 1150. The van der Waals surface area contributed by atoms with Crippen molar-refractivity contribution < 1.29 is 17.9 Å². The van der Waals surface area contributed by atoms with Crippen LogP contribution in [0.1, 0.15) is 30.6 Å². The van der Waals surface area contributed by atoms with E-state index in [9.17, 15) is 13.2 Å². The van der Waals surface area contributed by atoms with Gasteiger partial charge >= 0.3 is 0 Å². The van der Waals surface area contributed by atoms with Gasteiger partial charge in [0.1, 0.15) is 11.3 Å². The van der Waals surface area contributed by atoms with Gasteiger partial charge in [0.15, 0.2) is 0 Å². The highest BCUT2D eigenvalue weighted by molar-refractivity contribution is 7.92. The van der Waals surface area contributed by atoms with E-state index in [1.807, 2.05) is 13.8 Å². The molecule has 162 valence electrons. The summed E-state index contributed by atoms with van der Waals surface area (Å²) in [6.07, 6.45) is 2.33. The quantitative estimate of drug-likeness (QED) is 0.501. The summed E-state index contributed by atoms with van der Waals surface area (Å²) in [5, 5.41) is 3.33. The molecular weight excluding hydrogens is 438 g/mol. The number of hydrogen-bond acceptors (Lipinski definition) is 5. The second kappa shape index (κ2) is 9.80. The van der Waals surface area contributed by atoms with Gasteiger partial charge in [-0.15, -0.1) is 0 Å². The molecule has 2 aromatic carbocycles. The van der Waals surface area contributed by atoms with Crippen LogP contribution in [0.4, 0.5) is 5.69 Å². The Morgan fingerprint density at radius 3 is 2.42 bits per heavy atom. The van der Waals surface area contributed by atoms with E-state index in [4.69, 9.17) is 16.3 Å². The highest BCUT2D eigenvalue weighted by atomic mass is 35.5. The van der Waals surface area contributed by atoms with Crippen LogP contribution in [0.3, 0.4) is 0 Å². The number of anilines is 1. The fourth-order valence-corrected chi connectivity index (χ4v) is 3.76. The highest BCUT2D eigenvalue weighted by Gasteiger charge is 2.17. The number of nitrogens with one attached hydrogen (secondary N) is 2. The number of pyridine rings is 1. The zero-order chi connectivity index (χ0) is 22.4. The van der Waals surface area contributed by atoms with Crippen molar-refractivity contribution in [3.8, 4) is 11.6 Å². The maximum Gasteiger partial charge on any atom is 0.261 e. The average Bonchev–Trinajstić information content (AvgIpc) is 2.75. The van der Waals surface area contributed by atoms with Crippen molar-refractivity contribution in [3.05, 3.63) is 77.4 Å². The predicted molar refractivity (Wildman–Crippen MR) is 120 cm³/mol. The molecule has 0 radical (unpaired) electrons. The van der Waals surface area contributed by atoms with Crippen LogP contribution in [0.5, 0.6) is 11.6 Å². The van der Waals surface area contributed by atoms with E-state index >= 15 is 0 Å². The number of rotatable bonds is 8. The minimum Gasteiger partial charge on any atom is -0.438 e. The summed E-state index contributed by atoms with van der Waals surface area (Å²) in [5.74, 6) is 0.299. The summed E-state index contributed by atoms with van der Waals surface area (Å²) in [6.45, 7) is 3.90. The number of amides is 1. The van der Waals surface area contributed by atoms with Crippen LogP contribution in [-0.4, -0.2) is 25.4 Å². The first-order chi connectivity index (χ1) is 14.8. The molecule has 0 aliphatic carbocycles. The van der Waals surface area contributed by atoms with Gasteiger partial charge in [-0.25, -0.2) is 13.4 Å². The van der Waals surface area contributed by atoms with Gasteiger partial charge in [0, 0.05) is 22.9 Å². The first-order valence-electron chi connectivity index (χ1n) is 9.60. The van der Waals surface area contributed by atoms with E-state index in [2.05, 4.69) is 15.0 Å². The third-order valence-electron chi connectivity index (χ3n) is 4.45. The molecule has 1 heterocycles. The minimum absolute atomic E-state index is 0.0218. The van der Waals surface area contributed by atoms with Crippen molar-refractivity contribution >= 4 is 33.2 Å². The van der Waals surface area contributed by atoms with E-state index in [0.717, 1.165) is 6.42 Å². The molecule has 0 aliphatic heterocycles. The van der Waals surface area contributed by atoms with Gasteiger partial charge in [0.2, 0.25) is 5.88 Å². The fourth-order valence-electron chi connectivity index (χ4n) is 2.58. The van der Waals surface area contributed by atoms with E-state index in [-0.39, 0.29) is 22.7 Å². The van der Waals surface area contributed by atoms with Crippen LogP contribution in [0.15, 0.2) is 71.8 Å². The number of benzene rings is 2. The summed E-state index contributed by atoms with van der Waals surface area (Å²) in [6, 6.07) is 15.5. The number of aromatic nitrogens is 1. The standard InChI is InChI=1S/C22H22ClN3O4S/c1-3-15(2)25-21(27)20-5-4-14-24-22(20)30-18-10-8-17(9-11-18)26-31(28,29)19-12-6-16(23)7-13-19/h4-15,26H,3H2,1-2H3,(H,25,27)/t15-/m1/s1. The Balaban J connectivity index is 1.73. The SMILES string of the molecule is CC[C@@H](C)NC(=O)c1cccnc1Oc1ccc(NS(=O)(=O)c2ccc(Cl)cc2)cc1. The lowest BCUT2D eigenvalue weighted by Crippen LogP contribution is -2.32. The summed E-state index contributed by atoms with van der Waals surface area (Å²) >= 11 is 5.81. The molecule has 1 atom stereocenters. The Kier molecular flexibility index (Phi) is 7.14. The van der Waals surface area contributed by atoms with Crippen molar-refractivity contribution in [3.63, 3.8) is 0 Å². The van der Waals surface area contributed by atoms with Crippen molar-refractivity contribution in [1.29, 1.82) is 0 Å². The van der Waals surface area contributed by atoms with Crippen LogP contribution in [-0.2, 0) is 10.0 Å². The molecule has 1 aromatic heterocycles. The van der Waals surface area contributed by atoms with E-state index in [1.54, 1.807) is 36.4 Å². The van der Waals surface area contributed by atoms with Crippen LogP contribution >= 0.6 is 11.6 Å². The smallest absolute Gasteiger partial charge is 0.261 e. The molecule has 9 heteroatoms. The van der Waals surface area contributed by atoms with Gasteiger partial charge in [0.05, 0.1) is 4.90 Å². The highest BCUT2D eigenvalue weighted by Crippen LogP contribution is 2.25. The van der Waals surface area contributed by atoms with E-state index < -0.39 is 10.0 Å². The minimum atomic E-state index is -3.75. The number of halogens is 1. The molecular formula is C22H22ClN3O4S. The van der Waals surface area contributed by atoms with Gasteiger partial charge in [-0.1, -0.05) is 18.5 Å². The summed E-state index contributed by atoms with van der Waals surface area (Å²) < 4.78 is 33.2. The second-order valence-electron chi connectivity index (χ2n) is 6.82. The zero-order valence-electron chi connectivity index (χ0n) is 17.0. The van der Waals surface area contributed by atoms with Crippen molar-refractivity contribution in [1.82, 2.24) is 10.3 Å². The van der Waals surface area contributed by atoms with Crippen LogP contribution in [0.25, 0.3) is 0 Å². The van der Waals surface area contributed by atoms with Gasteiger partial charge < -0.3 is 10.1 Å². The number of nitrogens with zero attached hydrogens (tertiary/aromatic N) is 1. The third-order valence-corrected chi connectivity index (χ3v) is 6.10. The van der Waals surface area contributed by atoms with Gasteiger partial charge in [0.25, 0.3) is 15.9 Å². The fraction of sp³-hybridized carbons (Fsp3) is 0.182. The Hall–Kier alpha value is -3.10. The molecule has 0 saturated carbocycles. The normalized spacial score (nSPS) is 12.1. The lowest BCUT2D eigenvalue weighted by atomic mass is 10.2. The monoisotopic (exact) mass is 459 g/mol. The molecule has 0 unspecified atom stereocenters. The number of carbonyl (C=O) groups is 1. The molecule has 1 amide bonds. The second-order valence-corrected chi connectivity index (χ2v) is 8.94. The lowest BCUT2D eigenvalue weighted by Gasteiger charge is -2.14. The molecule has 3 rings (SSSR count). The van der Waals surface area contributed by atoms with Crippen molar-refractivity contribution in [2.75, 3.05) is 4.72 Å². The van der Waals surface area contributed by atoms with E-state index in [0.29, 0.717) is 22.0 Å². The van der Waals surface area contributed by atoms with Crippen LogP contribution in [0, 0.1) is 0 Å².